The first-order valence-corrected chi connectivity index (χ1v) is 15.4. The van der Waals surface area contributed by atoms with Gasteiger partial charge in [0.15, 0.2) is 5.60 Å². The van der Waals surface area contributed by atoms with Gasteiger partial charge in [-0.3, -0.25) is 9.59 Å². The predicted molar refractivity (Wildman–Crippen MR) is 165 cm³/mol. The highest BCUT2D eigenvalue weighted by atomic mass is 16.5. The number of aromatic hydroxyl groups is 1. The number of fused-ring (bicyclic) bond motifs is 4. The molecule has 2 amide bonds. The highest BCUT2D eigenvalue weighted by Crippen LogP contribution is 2.68. The van der Waals surface area contributed by atoms with Crippen LogP contribution in [0.15, 0.2) is 66.7 Å². The molecule has 2 fully saturated rings. The second-order valence-electron chi connectivity index (χ2n) is 12.2. The van der Waals surface area contributed by atoms with E-state index in [4.69, 9.17) is 14.2 Å². The number of phenols is 1. The van der Waals surface area contributed by atoms with E-state index in [-0.39, 0.29) is 40.5 Å². The smallest absolute Gasteiger partial charge is 0.232 e. The lowest BCUT2D eigenvalue weighted by molar-refractivity contribution is -0.163. The Labute approximate surface area is 262 Å². The van der Waals surface area contributed by atoms with E-state index in [0.717, 1.165) is 0 Å². The molecule has 1 aliphatic carbocycles. The third-order valence-electron chi connectivity index (χ3n) is 9.91. The summed E-state index contributed by atoms with van der Waals surface area (Å²) in [6.07, 6.45) is -0.311. The Kier molecular flexibility index (Phi) is 7.91. The van der Waals surface area contributed by atoms with Crippen molar-refractivity contribution in [2.45, 2.75) is 62.5 Å². The van der Waals surface area contributed by atoms with Crippen LogP contribution in [0, 0.1) is 11.8 Å². The standard InChI is InChI=1S/C35H40N2O8/c1-5-20(2)31(39)36-27-12-9-17-37(27)32(40)30-28(21-10-7-6-8-11-21)34(42)29-25(44-4)18-23(38)19-26(29)45-35(30,33(34)41)22-13-15-24(43-3)16-14-22/h6-8,10-11,13-16,18-20,27-28,30,33,38,41-42H,5,9,12,17H2,1-4H3,(H,36,39)/t20?,27-,28-,30+,33+,34-,35+/m0/s1. The molecule has 1 saturated heterocycles. The molecular formula is C35H40N2O8. The van der Waals surface area contributed by atoms with Crippen molar-refractivity contribution in [1.29, 1.82) is 0 Å². The Morgan fingerprint density at radius 2 is 1.80 bits per heavy atom. The van der Waals surface area contributed by atoms with E-state index in [0.29, 0.717) is 42.7 Å². The molecule has 1 saturated carbocycles. The van der Waals surface area contributed by atoms with Crippen LogP contribution in [0.25, 0.3) is 0 Å². The average Bonchev–Trinajstić information content (AvgIpc) is 3.56. The maximum atomic E-state index is 15.1. The summed E-state index contributed by atoms with van der Waals surface area (Å²) in [7, 11) is 2.94. The molecule has 2 bridgehead atoms. The van der Waals surface area contributed by atoms with Crippen molar-refractivity contribution in [1.82, 2.24) is 10.2 Å². The van der Waals surface area contributed by atoms with Crippen molar-refractivity contribution in [3.8, 4) is 23.0 Å². The number of rotatable bonds is 8. The number of nitrogens with one attached hydrogen (secondary N) is 1. The quantitative estimate of drug-likeness (QED) is 0.300. The molecule has 10 nitrogen and oxygen atoms in total. The van der Waals surface area contributed by atoms with Crippen molar-refractivity contribution in [2.24, 2.45) is 11.8 Å². The van der Waals surface area contributed by atoms with Crippen LogP contribution in [-0.2, 0) is 20.8 Å². The molecule has 2 aliphatic heterocycles. The van der Waals surface area contributed by atoms with Gasteiger partial charge in [-0.25, -0.2) is 0 Å². The van der Waals surface area contributed by atoms with Gasteiger partial charge < -0.3 is 39.7 Å². The highest BCUT2D eigenvalue weighted by Gasteiger charge is 2.76. The number of nitrogens with zero attached hydrogens (tertiary/aromatic N) is 1. The van der Waals surface area contributed by atoms with Gasteiger partial charge >= 0.3 is 0 Å². The molecule has 0 aromatic heterocycles. The van der Waals surface area contributed by atoms with Crippen LogP contribution in [0.3, 0.4) is 0 Å². The van der Waals surface area contributed by atoms with Crippen molar-refractivity contribution in [3.63, 3.8) is 0 Å². The van der Waals surface area contributed by atoms with Gasteiger partial charge in [0.1, 0.15) is 40.9 Å². The highest BCUT2D eigenvalue weighted by molar-refractivity contribution is 5.86. The summed E-state index contributed by atoms with van der Waals surface area (Å²) in [4.78, 5) is 29.8. The van der Waals surface area contributed by atoms with Crippen molar-refractivity contribution < 1.29 is 39.1 Å². The van der Waals surface area contributed by atoms with E-state index < -0.39 is 35.3 Å². The summed E-state index contributed by atoms with van der Waals surface area (Å²) < 4.78 is 17.8. The van der Waals surface area contributed by atoms with E-state index >= 15 is 4.79 Å². The number of benzene rings is 3. The van der Waals surface area contributed by atoms with Crippen LogP contribution in [-0.4, -0.2) is 65.1 Å². The molecule has 4 N–H and O–H groups in total. The molecule has 3 aromatic rings. The molecule has 2 heterocycles. The van der Waals surface area contributed by atoms with E-state index in [9.17, 15) is 20.1 Å². The average molecular weight is 617 g/mol. The summed E-state index contributed by atoms with van der Waals surface area (Å²) in [5.74, 6) is -2.33. The first-order valence-electron chi connectivity index (χ1n) is 15.4. The number of carbonyl (C=O) groups excluding carboxylic acids is 2. The number of ether oxygens (including phenoxy) is 3. The molecule has 0 radical (unpaired) electrons. The van der Waals surface area contributed by atoms with Crippen LogP contribution in [0.1, 0.15) is 55.7 Å². The fourth-order valence-corrected chi connectivity index (χ4v) is 7.51. The number of aliphatic hydroxyl groups excluding tert-OH is 1. The molecular weight excluding hydrogens is 576 g/mol. The molecule has 10 heteroatoms. The minimum Gasteiger partial charge on any atom is -0.508 e. The van der Waals surface area contributed by atoms with Crippen LogP contribution in [0.5, 0.6) is 23.0 Å². The number of methoxy groups -OCH3 is 2. The van der Waals surface area contributed by atoms with Crippen LogP contribution in [0.2, 0.25) is 0 Å². The number of carbonyl (C=O) groups is 2. The minimum atomic E-state index is -2.09. The van der Waals surface area contributed by atoms with E-state index in [1.807, 2.05) is 44.2 Å². The summed E-state index contributed by atoms with van der Waals surface area (Å²) in [5, 5.41) is 39.2. The first kappa shape index (κ1) is 30.7. The van der Waals surface area contributed by atoms with Gasteiger partial charge in [-0.15, -0.1) is 0 Å². The zero-order valence-electron chi connectivity index (χ0n) is 25.9. The van der Waals surface area contributed by atoms with Crippen molar-refractivity contribution in [2.75, 3.05) is 20.8 Å². The van der Waals surface area contributed by atoms with Gasteiger partial charge in [-0.1, -0.05) is 56.3 Å². The first-order chi connectivity index (χ1) is 21.6. The second kappa shape index (κ2) is 11.6. The fourth-order valence-electron chi connectivity index (χ4n) is 7.51. The van der Waals surface area contributed by atoms with Crippen molar-refractivity contribution >= 4 is 11.8 Å². The molecule has 0 spiro atoms. The third kappa shape index (κ3) is 4.61. The normalized spacial score (nSPS) is 29.0. The molecule has 1 unspecified atom stereocenters. The Morgan fingerprint density at radius 1 is 1.09 bits per heavy atom. The number of hydrogen-bond acceptors (Lipinski definition) is 8. The largest absolute Gasteiger partial charge is 0.508 e. The summed E-state index contributed by atoms with van der Waals surface area (Å²) in [6.45, 7) is 4.17. The third-order valence-corrected chi connectivity index (χ3v) is 9.91. The molecule has 45 heavy (non-hydrogen) atoms. The maximum Gasteiger partial charge on any atom is 0.232 e. The Balaban J connectivity index is 1.60. The van der Waals surface area contributed by atoms with Crippen LogP contribution in [0.4, 0.5) is 0 Å². The maximum absolute atomic E-state index is 15.1. The van der Waals surface area contributed by atoms with Gasteiger partial charge in [0.05, 0.1) is 25.7 Å². The molecule has 6 rings (SSSR count). The van der Waals surface area contributed by atoms with Gasteiger partial charge in [-0.2, -0.15) is 0 Å². The van der Waals surface area contributed by atoms with Gasteiger partial charge in [-0.05, 0) is 42.5 Å². The van der Waals surface area contributed by atoms with E-state index in [1.54, 1.807) is 29.2 Å². The summed E-state index contributed by atoms with van der Waals surface area (Å²) in [5.41, 5.74) is -2.70. The Morgan fingerprint density at radius 3 is 2.44 bits per heavy atom. The lowest BCUT2D eigenvalue weighted by Gasteiger charge is -2.45. The molecule has 238 valence electrons. The molecule has 3 aromatic carbocycles. The van der Waals surface area contributed by atoms with Gasteiger partial charge in [0.2, 0.25) is 11.8 Å². The predicted octanol–water partition coefficient (Wildman–Crippen LogP) is 3.77. The number of hydrogen-bond donors (Lipinski definition) is 4. The van der Waals surface area contributed by atoms with Gasteiger partial charge in [0.25, 0.3) is 0 Å². The summed E-state index contributed by atoms with van der Waals surface area (Å²) >= 11 is 0. The minimum absolute atomic E-state index is 0.0924. The number of aliphatic hydroxyl groups is 2. The van der Waals surface area contributed by atoms with Crippen molar-refractivity contribution in [3.05, 3.63) is 83.4 Å². The SMILES string of the molecule is CCC(C)C(=O)N[C@@H]1CCCN1C(=O)[C@H]1[C@H](c2ccccc2)[C@]2(O)c3c(OC)cc(O)cc3O[C@@]1(c1ccc(OC)cc1)[C@@H]2O. The number of amides is 2. The lowest BCUT2D eigenvalue weighted by atomic mass is 9.74. The Bertz CT molecular complexity index is 1580. The van der Waals surface area contributed by atoms with E-state index in [2.05, 4.69) is 5.32 Å². The Hall–Kier alpha value is -4.28. The molecule has 3 aliphatic rings. The van der Waals surface area contributed by atoms with Crippen LogP contribution < -0.4 is 19.5 Å². The zero-order chi connectivity index (χ0) is 32.1. The zero-order valence-corrected chi connectivity index (χ0v) is 25.9. The van der Waals surface area contributed by atoms with E-state index in [1.165, 1.54) is 26.4 Å². The van der Waals surface area contributed by atoms with Gasteiger partial charge in [0, 0.05) is 30.5 Å². The van der Waals surface area contributed by atoms with Crippen LogP contribution >= 0.6 is 0 Å². The summed E-state index contributed by atoms with van der Waals surface area (Å²) in [6, 6.07) is 18.7. The topological polar surface area (TPSA) is 138 Å². The number of phenolic OH excluding ortho intramolecular Hbond substituents is 1. The monoisotopic (exact) mass is 616 g/mol. The molecule has 7 atom stereocenters. The fraction of sp³-hybridized carbons (Fsp3) is 0.429. The second-order valence-corrected chi connectivity index (χ2v) is 12.2. The number of likely N-dealkylation sites (tertiary alicyclic amines) is 1. The lowest BCUT2D eigenvalue weighted by Crippen LogP contribution is -2.58.